The summed E-state index contributed by atoms with van der Waals surface area (Å²) in [5.74, 6) is 0. The van der Waals surface area contributed by atoms with E-state index in [9.17, 15) is 0 Å². The number of nitrogens with one attached hydrogen (secondary N) is 1. The van der Waals surface area contributed by atoms with E-state index in [1.165, 1.54) is 4.88 Å². The Balaban J connectivity index is 2.32. The first-order valence-electron chi connectivity index (χ1n) is 5.46. The van der Waals surface area contributed by atoms with Crippen molar-refractivity contribution in [3.63, 3.8) is 0 Å². The second kappa shape index (κ2) is 6.40. The van der Waals surface area contributed by atoms with Crippen molar-refractivity contribution in [3.05, 3.63) is 54.6 Å². The van der Waals surface area contributed by atoms with Gasteiger partial charge in [-0.05, 0) is 46.6 Å². The highest BCUT2D eigenvalue weighted by Crippen LogP contribution is 2.34. The third kappa shape index (κ3) is 3.09. The Morgan fingerprint density at radius 2 is 1.94 bits per heavy atom. The van der Waals surface area contributed by atoms with Crippen molar-refractivity contribution in [2.75, 3.05) is 7.05 Å². The molecule has 1 atom stereocenters. The van der Waals surface area contributed by atoms with Crippen LogP contribution in [0.25, 0.3) is 0 Å². The second-order valence-corrected chi connectivity index (χ2v) is 6.54. The molecule has 1 aromatic heterocycles. The van der Waals surface area contributed by atoms with Crippen LogP contribution >= 0.6 is 50.5 Å². The zero-order chi connectivity index (χ0) is 13.1. The molecule has 1 nitrogen and oxygen atoms in total. The molecule has 0 aliphatic rings. The second-order valence-electron chi connectivity index (χ2n) is 3.87. The monoisotopic (exact) mass is 363 g/mol. The molecule has 1 unspecified atom stereocenters. The molecule has 18 heavy (non-hydrogen) atoms. The summed E-state index contributed by atoms with van der Waals surface area (Å²) >= 11 is 17.8. The predicted molar refractivity (Wildman–Crippen MR) is 84.0 cm³/mol. The van der Waals surface area contributed by atoms with Gasteiger partial charge in [-0.2, -0.15) is 0 Å². The largest absolute Gasteiger partial charge is 0.313 e. The number of likely N-dealkylation sites (N-methyl/N-ethyl adjacent to an activating group) is 1. The maximum absolute atomic E-state index is 6.25. The number of benzene rings is 1. The van der Waals surface area contributed by atoms with Crippen molar-refractivity contribution >= 4 is 50.5 Å². The minimum absolute atomic E-state index is 0.112. The van der Waals surface area contributed by atoms with Gasteiger partial charge in [-0.15, -0.1) is 11.3 Å². The Bertz CT molecular complexity index is 521. The van der Waals surface area contributed by atoms with Crippen LogP contribution in [0.3, 0.4) is 0 Å². The summed E-state index contributed by atoms with van der Waals surface area (Å²) in [7, 11) is 1.92. The predicted octanol–water partition coefficient (Wildman–Crippen LogP) is 5.32. The SMILES string of the molecule is CNC(Cc1sccc1Br)c1c(Cl)cccc1Cl. The van der Waals surface area contributed by atoms with Gasteiger partial charge >= 0.3 is 0 Å². The lowest BCUT2D eigenvalue weighted by molar-refractivity contribution is 0.596. The lowest BCUT2D eigenvalue weighted by atomic mass is 10.0. The molecule has 96 valence electrons. The number of rotatable bonds is 4. The molecule has 0 saturated carbocycles. The lowest BCUT2D eigenvalue weighted by Crippen LogP contribution is -2.19. The summed E-state index contributed by atoms with van der Waals surface area (Å²) in [6.07, 6.45) is 0.859. The van der Waals surface area contributed by atoms with Crippen molar-refractivity contribution < 1.29 is 0 Å². The van der Waals surface area contributed by atoms with Gasteiger partial charge in [-0.25, -0.2) is 0 Å². The smallest absolute Gasteiger partial charge is 0.0468 e. The van der Waals surface area contributed by atoms with Gasteiger partial charge in [0.25, 0.3) is 0 Å². The molecule has 0 fully saturated rings. The normalized spacial score (nSPS) is 12.7. The fourth-order valence-corrected chi connectivity index (χ4v) is 4.07. The first-order chi connectivity index (χ1) is 8.63. The minimum atomic E-state index is 0.112. The Kier molecular flexibility index (Phi) is 5.10. The summed E-state index contributed by atoms with van der Waals surface area (Å²) in [6, 6.07) is 7.77. The van der Waals surface area contributed by atoms with Crippen LogP contribution in [0, 0.1) is 0 Å². The average molecular weight is 365 g/mol. The van der Waals surface area contributed by atoms with Crippen molar-refractivity contribution in [1.29, 1.82) is 0 Å². The summed E-state index contributed by atoms with van der Waals surface area (Å²) in [5.41, 5.74) is 0.962. The molecule has 1 aromatic carbocycles. The number of hydrogen-bond acceptors (Lipinski definition) is 2. The van der Waals surface area contributed by atoms with E-state index in [-0.39, 0.29) is 6.04 Å². The molecular weight excluding hydrogens is 353 g/mol. The Hall–Kier alpha value is -0.0600. The summed E-state index contributed by atoms with van der Waals surface area (Å²) < 4.78 is 1.14. The molecule has 0 radical (unpaired) electrons. The van der Waals surface area contributed by atoms with Crippen LogP contribution in [0.5, 0.6) is 0 Å². The highest BCUT2D eigenvalue weighted by molar-refractivity contribution is 9.10. The van der Waals surface area contributed by atoms with Crippen LogP contribution in [-0.4, -0.2) is 7.05 Å². The molecule has 2 aromatic rings. The molecule has 1 heterocycles. The van der Waals surface area contributed by atoms with E-state index in [0.29, 0.717) is 10.0 Å². The van der Waals surface area contributed by atoms with Gasteiger partial charge in [-0.1, -0.05) is 29.3 Å². The lowest BCUT2D eigenvalue weighted by Gasteiger charge is -2.19. The Morgan fingerprint density at radius 1 is 1.28 bits per heavy atom. The van der Waals surface area contributed by atoms with Crippen LogP contribution < -0.4 is 5.32 Å². The maximum atomic E-state index is 6.25. The van der Waals surface area contributed by atoms with Gasteiger partial charge in [0.1, 0.15) is 0 Å². The topological polar surface area (TPSA) is 12.0 Å². The first kappa shape index (κ1) is 14.4. The summed E-state index contributed by atoms with van der Waals surface area (Å²) in [6.45, 7) is 0. The molecule has 0 amide bonds. The third-order valence-electron chi connectivity index (χ3n) is 2.78. The summed E-state index contributed by atoms with van der Waals surface area (Å²) in [4.78, 5) is 1.28. The number of thiophene rings is 1. The molecule has 0 spiro atoms. The highest BCUT2D eigenvalue weighted by atomic mass is 79.9. The van der Waals surface area contributed by atoms with E-state index >= 15 is 0 Å². The summed E-state index contributed by atoms with van der Waals surface area (Å²) in [5, 5.41) is 6.76. The van der Waals surface area contributed by atoms with Crippen molar-refractivity contribution in [1.82, 2.24) is 5.32 Å². The van der Waals surface area contributed by atoms with Crippen molar-refractivity contribution in [2.45, 2.75) is 12.5 Å². The van der Waals surface area contributed by atoms with Crippen LogP contribution in [0.4, 0.5) is 0 Å². The molecule has 0 saturated heterocycles. The first-order valence-corrected chi connectivity index (χ1v) is 7.89. The molecule has 1 N–H and O–H groups in total. The standard InChI is InChI=1S/C13H12BrCl2NS/c1-17-11(7-12-8(14)5-6-18-12)13-9(15)3-2-4-10(13)16/h2-6,11,17H,7H2,1H3. The van der Waals surface area contributed by atoms with Gasteiger partial charge in [0, 0.05) is 37.4 Å². The van der Waals surface area contributed by atoms with Crippen LogP contribution in [-0.2, 0) is 6.42 Å². The molecular formula is C13H12BrCl2NS. The van der Waals surface area contributed by atoms with Crippen LogP contribution in [0.1, 0.15) is 16.5 Å². The van der Waals surface area contributed by atoms with Crippen LogP contribution in [0.2, 0.25) is 10.0 Å². The molecule has 2 rings (SSSR count). The zero-order valence-corrected chi connectivity index (χ0v) is 13.6. The quantitative estimate of drug-likeness (QED) is 0.773. The van der Waals surface area contributed by atoms with Crippen LogP contribution in [0.15, 0.2) is 34.1 Å². The average Bonchev–Trinajstić information content (AvgIpc) is 2.73. The van der Waals surface area contributed by atoms with Gasteiger partial charge in [0.05, 0.1) is 0 Å². The molecule has 0 aliphatic heterocycles. The van der Waals surface area contributed by atoms with Crippen molar-refractivity contribution in [3.8, 4) is 0 Å². The van der Waals surface area contributed by atoms with E-state index in [0.717, 1.165) is 16.5 Å². The Morgan fingerprint density at radius 3 is 2.44 bits per heavy atom. The van der Waals surface area contributed by atoms with Gasteiger partial charge in [0.15, 0.2) is 0 Å². The molecule has 5 heteroatoms. The third-order valence-corrected chi connectivity index (χ3v) is 5.39. The van der Waals surface area contributed by atoms with E-state index in [2.05, 4.69) is 32.7 Å². The van der Waals surface area contributed by atoms with Gasteiger partial charge in [0.2, 0.25) is 0 Å². The number of halogens is 3. The molecule has 0 bridgehead atoms. The minimum Gasteiger partial charge on any atom is -0.313 e. The van der Waals surface area contributed by atoms with E-state index < -0.39 is 0 Å². The fourth-order valence-electron chi connectivity index (χ4n) is 1.85. The zero-order valence-electron chi connectivity index (χ0n) is 9.71. The van der Waals surface area contributed by atoms with E-state index in [1.54, 1.807) is 11.3 Å². The van der Waals surface area contributed by atoms with E-state index in [1.807, 2.05) is 25.2 Å². The maximum Gasteiger partial charge on any atom is 0.0468 e. The van der Waals surface area contributed by atoms with Gasteiger partial charge in [-0.3, -0.25) is 0 Å². The molecule has 0 aliphatic carbocycles. The fraction of sp³-hybridized carbons (Fsp3) is 0.231. The Labute approximate surface area is 129 Å². The van der Waals surface area contributed by atoms with Gasteiger partial charge < -0.3 is 5.32 Å². The number of hydrogen-bond donors (Lipinski definition) is 1. The van der Waals surface area contributed by atoms with E-state index in [4.69, 9.17) is 23.2 Å². The van der Waals surface area contributed by atoms with Crippen molar-refractivity contribution in [2.24, 2.45) is 0 Å². The highest BCUT2D eigenvalue weighted by Gasteiger charge is 2.18.